The lowest BCUT2D eigenvalue weighted by molar-refractivity contribution is -0.146. The van der Waals surface area contributed by atoms with Crippen LogP contribution in [0.3, 0.4) is 0 Å². The van der Waals surface area contributed by atoms with E-state index < -0.39 is 11.5 Å². The first kappa shape index (κ1) is 17.6. The van der Waals surface area contributed by atoms with Crippen LogP contribution >= 0.6 is 0 Å². The van der Waals surface area contributed by atoms with Crippen LogP contribution in [0.25, 0.3) is 0 Å². The van der Waals surface area contributed by atoms with Gasteiger partial charge in [-0.3, -0.25) is 4.79 Å². The summed E-state index contributed by atoms with van der Waals surface area (Å²) in [4.78, 5) is 24.5. The summed E-state index contributed by atoms with van der Waals surface area (Å²) in [6, 6.07) is 2.12. The maximum absolute atomic E-state index is 12.7. The Kier molecular flexibility index (Phi) is 4.87. The molecule has 23 heavy (non-hydrogen) atoms. The van der Waals surface area contributed by atoms with Crippen molar-refractivity contribution in [3.05, 3.63) is 23.0 Å². The fraction of sp³-hybridized carbons (Fsp3) is 0.667. The van der Waals surface area contributed by atoms with E-state index in [1.54, 1.807) is 0 Å². The molecule has 1 heterocycles. The zero-order valence-corrected chi connectivity index (χ0v) is 14.8. The van der Waals surface area contributed by atoms with E-state index in [1.165, 1.54) is 0 Å². The Hall–Kier alpha value is -1.78. The number of hydrogen-bond donors (Lipinski definition) is 2. The number of rotatable bonds is 4. The van der Waals surface area contributed by atoms with E-state index in [4.69, 9.17) is 0 Å². The van der Waals surface area contributed by atoms with Gasteiger partial charge in [0.2, 0.25) is 0 Å². The molecule has 5 nitrogen and oxygen atoms in total. The summed E-state index contributed by atoms with van der Waals surface area (Å²) in [6.45, 7) is 10.2. The standard InChI is InChI=1S/C18H28N2O3/c1-11(2)20-13(4)10-15(14(20)5)16(21)19-18(17(22)23)8-6-12(3)7-9-18/h10-12H,6-9H2,1-5H3,(H,19,21)(H,22,23). The third kappa shape index (κ3) is 3.28. The van der Waals surface area contributed by atoms with Crippen LogP contribution < -0.4 is 5.32 Å². The monoisotopic (exact) mass is 320 g/mol. The number of aliphatic carboxylic acids is 1. The highest BCUT2D eigenvalue weighted by atomic mass is 16.4. The van der Waals surface area contributed by atoms with Gasteiger partial charge < -0.3 is 15.0 Å². The van der Waals surface area contributed by atoms with Crippen molar-refractivity contribution < 1.29 is 14.7 Å². The lowest BCUT2D eigenvalue weighted by Gasteiger charge is -2.36. The molecule has 1 aliphatic carbocycles. The molecule has 2 N–H and O–H groups in total. The topological polar surface area (TPSA) is 71.3 Å². The van der Waals surface area contributed by atoms with Crippen LogP contribution in [0.5, 0.6) is 0 Å². The van der Waals surface area contributed by atoms with E-state index >= 15 is 0 Å². The lowest BCUT2D eigenvalue weighted by Crippen LogP contribution is -2.56. The van der Waals surface area contributed by atoms with Gasteiger partial charge in [0.05, 0.1) is 5.56 Å². The highest BCUT2D eigenvalue weighted by Gasteiger charge is 2.43. The third-order valence-corrected chi connectivity index (χ3v) is 5.14. The molecule has 0 unspecified atom stereocenters. The summed E-state index contributed by atoms with van der Waals surface area (Å²) in [6.07, 6.45) is 2.66. The molecule has 0 atom stereocenters. The molecule has 5 heteroatoms. The molecule has 0 spiro atoms. The van der Waals surface area contributed by atoms with Gasteiger partial charge in [0.1, 0.15) is 5.54 Å². The van der Waals surface area contributed by atoms with Gasteiger partial charge >= 0.3 is 5.97 Å². The number of nitrogens with zero attached hydrogens (tertiary/aromatic N) is 1. The second-order valence-electron chi connectivity index (χ2n) is 7.27. The van der Waals surface area contributed by atoms with Crippen molar-refractivity contribution >= 4 is 11.9 Å². The normalized spacial score (nSPS) is 24.7. The van der Waals surface area contributed by atoms with Gasteiger partial charge in [-0.2, -0.15) is 0 Å². The highest BCUT2D eigenvalue weighted by Crippen LogP contribution is 2.33. The predicted molar refractivity (Wildman–Crippen MR) is 89.8 cm³/mol. The lowest BCUT2D eigenvalue weighted by atomic mass is 9.77. The molecule has 1 saturated carbocycles. The van der Waals surface area contributed by atoms with E-state index in [2.05, 4.69) is 30.7 Å². The molecule has 2 rings (SSSR count). The first-order valence-electron chi connectivity index (χ1n) is 8.42. The van der Waals surface area contributed by atoms with Crippen molar-refractivity contribution in [1.29, 1.82) is 0 Å². The van der Waals surface area contributed by atoms with Gasteiger partial charge in [0, 0.05) is 17.4 Å². The van der Waals surface area contributed by atoms with Gasteiger partial charge in [-0.15, -0.1) is 0 Å². The van der Waals surface area contributed by atoms with Crippen molar-refractivity contribution in [2.75, 3.05) is 0 Å². The summed E-state index contributed by atoms with van der Waals surface area (Å²) < 4.78 is 2.10. The van der Waals surface area contributed by atoms with Crippen molar-refractivity contribution in [3.63, 3.8) is 0 Å². The average Bonchev–Trinajstić information content (AvgIpc) is 2.76. The van der Waals surface area contributed by atoms with E-state index in [0.717, 1.165) is 24.2 Å². The number of carbonyl (C=O) groups is 2. The van der Waals surface area contributed by atoms with Crippen LogP contribution in [0.15, 0.2) is 6.07 Å². The average molecular weight is 320 g/mol. The molecule has 1 aromatic heterocycles. The minimum Gasteiger partial charge on any atom is -0.480 e. The summed E-state index contributed by atoms with van der Waals surface area (Å²) in [7, 11) is 0. The van der Waals surface area contributed by atoms with Gasteiger partial charge in [0.25, 0.3) is 5.91 Å². The van der Waals surface area contributed by atoms with Crippen molar-refractivity contribution in [3.8, 4) is 0 Å². The molecule has 0 aliphatic heterocycles. The Balaban J connectivity index is 2.27. The molecule has 0 aromatic carbocycles. The van der Waals surface area contributed by atoms with E-state index in [-0.39, 0.29) is 11.9 Å². The Morgan fingerprint density at radius 2 is 1.87 bits per heavy atom. The predicted octanol–water partition coefficient (Wildman–Crippen LogP) is 3.45. The number of aryl methyl sites for hydroxylation is 1. The van der Waals surface area contributed by atoms with Crippen LogP contribution in [0, 0.1) is 19.8 Å². The first-order chi connectivity index (χ1) is 10.7. The fourth-order valence-corrected chi connectivity index (χ4v) is 3.73. The van der Waals surface area contributed by atoms with E-state index in [1.807, 2.05) is 19.9 Å². The van der Waals surface area contributed by atoms with Crippen LogP contribution in [-0.4, -0.2) is 27.1 Å². The molecular weight excluding hydrogens is 292 g/mol. The SMILES string of the molecule is Cc1cc(C(=O)NC2(C(=O)O)CCC(C)CC2)c(C)n1C(C)C. The van der Waals surface area contributed by atoms with Gasteiger partial charge in [-0.1, -0.05) is 6.92 Å². The second kappa shape index (κ2) is 6.38. The number of nitrogens with one attached hydrogen (secondary N) is 1. The number of aromatic nitrogens is 1. The van der Waals surface area contributed by atoms with E-state index in [9.17, 15) is 14.7 Å². The van der Waals surface area contributed by atoms with Crippen molar-refractivity contribution in [2.45, 2.75) is 71.9 Å². The van der Waals surface area contributed by atoms with Gasteiger partial charge in [0.15, 0.2) is 0 Å². The van der Waals surface area contributed by atoms with Gasteiger partial charge in [-0.25, -0.2) is 4.79 Å². The second-order valence-corrected chi connectivity index (χ2v) is 7.27. The Bertz CT molecular complexity index is 608. The quantitative estimate of drug-likeness (QED) is 0.892. The molecule has 1 aliphatic rings. The maximum Gasteiger partial charge on any atom is 0.329 e. The van der Waals surface area contributed by atoms with Gasteiger partial charge in [-0.05, 0) is 65.4 Å². The summed E-state index contributed by atoms with van der Waals surface area (Å²) >= 11 is 0. The minimum absolute atomic E-state index is 0.264. The number of carbonyl (C=O) groups excluding carboxylic acids is 1. The van der Waals surface area contributed by atoms with Crippen LogP contribution in [0.1, 0.15) is 74.2 Å². The number of hydrogen-bond acceptors (Lipinski definition) is 2. The molecule has 0 bridgehead atoms. The fourth-order valence-electron chi connectivity index (χ4n) is 3.73. The zero-order valence-electron chi connectivity index (χ0n) is 14.8. The first-order valence-corrected chi connectivity index (χ1v) is 8.42. The minimum atomic E-state index is -1.12. The Morgan fingerprint density at radius 3 is 2.30 bits per heavy atom. The number of amides is 1. The molecular formula is C18H28N2O3. The number of carboxylic acids is 1. The van der Waals surface area contributed by atoms with Crippen molar-refractivity contribution in [1.82, 2.24) is 9.88 Å². The summed E-state index contributed by atoms with van der Waals surface area (Å²) in [5.41, 5.74) is 1.36. The molecule has 0 saturated heterocycles. The largest absolute Gasteiger partial charge is 0.480 e. The maximum atomic E-state index is 12.7. The Labute approximate surface area is 138 Å². The highest BCUT2D eigenvalue weighted by molar-refractivity contribution is 5.99. The molecule has 128 valence electrons. The summed E-state index contributed by atoms with van der Waals surface area (Å²) in [5.74, 6) is -0.678. The Morgan fingerprint density at radius 1 is 1.30 bits per heavy atom. The van der Waals surface area contributed by atoms with E-state index in [0.29, 0.717) is 24.3 Å². The summed E-state index contributed by atoms with van der Waals surface area (Å²) in [5, 5.41) is 12.5. The third-order valence-electron chi connectivity index (χ3n) is 5.14. The van der Waals surface area contributed by atoms with Crippen LogP contribution in [0.2, 0.25) is 0 Å². The smallest absolute Gasteiger partial charge is 0.329 e. The molecule has 1 fully saturated rings. The van der Waals surface area contributed by atoms with Crippen molar-refractivity contribution in [2.24, 2.45) is 5.92 Å². The molecule has 1 aromatic rings. The molecule has 0 radical (unpaired) electrons. The molecule has 1 amide bonds. The van der Waals surface area contributed by atoms with Crippen LogP contribution in [0.4, 0.5) is 0 Å². The number of carboxylic acid groups (broad SMARTS) is 1. The van der Waals surface area contributed by atoms with Crippen LogP contribution in [-0.2, 0) is 4.79 Å². The zero-order chi connectivity index (χ0) is 17.4.